The summed E-state index contributed by atoms with van der Waals surface area (Å²) in [7, 11) is 0. The minimum Gasteiger partial charge on any atom is -0.488 e. The molecule has 0 aliphatic carbocycles. The van der Waals surface area contributed by atoms with E-state index in [9.17, 15) is 13.9 Å². The monoisotopic (exact) mass is 660 g/mol. The van der Waals surface area contributed by atoms with E-state index in [2.05, 4.69) is 46.8 Å². The van der Waals surface area contributed by atoms with Gasteiger partial charge in [0.2, 0.25) is 0 Å². The van der Waals surface area contributed by atoms with Gasteiger partial charge in [-0.1, -0.05) is 87.4 Å². The Labute approximate surface area is 287 Å². The van der Waals surface area contributed by atoms with Gasteiger partial charge in [0.1, 0.15) is 35.3 Å². The Bertz CT molecular complexity index is 1440. The maximum atomic E-state index is 13.2. The first-order valence-electron chi connectivity index (χ1n) is 17.1. The minimum atomic E-state index is -0.289. The van der Waals surface area contributed by atoms with Gasteiger partial charge in [-0.25, -0.2) is 8.78 Å². The van der Waals surface area contributed by atoms with E-state index < -0.39 is 0 Å². The number of ether oxygens (including phenoxy) is 3. The topological polar surface area (TPSA) is 47.9 Å². The third-order valence-electron chi connectivity index (χ3n) is 8.72. The third-order valence-corrected chi connectivity index (χ3v) is 8.72. The van der Waals surface area contributed by atoms with Crippen LogP contribution < -0.4 is 9.47 Å². The first-order chi connectivity index (χ1) is 23.0. The Balaban J connectivity index is 0.000000261. The smallest absolute Gasteiger partial charge is 0.125 e. The molecule has 0 saturated carbocycles. The molecule has 0 fully saturated rings. The van der Waals surface area contributed by atoms with Crippen molar-refractivity contribution in [1.82, 2.24) is 0 Å². The maximum absolute atomic E-state index is 13.2. The van der Waals surface area contributed by atoms with Crippen LogP contribution in [0, 0.1) is 49.2 Å². The highest BCUT2D eigenvalue weighted by atomic mass is 19.1. The zero-order valence-corrected chi connectivity index (χ0v) is 29.7. The maximum Gasteiger partial charge on any atom is 0.125 e. The van der Waals surface area contributed by atoms with E-state index in [-0.39, 0.29) is 42.3 Å². The molecular weight excluding hydrogens is 606 g/mol. The summed E-state index contributed by atoms with van der Waals surface area (Å²) < 4.78 is 44.2. The second kappa shape index (κ2) is 19.9. The van der Waals surface area contributed by atoms with E-state index in [0.29, 0.717) is 25.0 Å². The molecule has 4 nitrogen and oxygen atoms in total. The molecule has 0 aromatic heterocycles. The molecule has 0 radical (unpaired) electrons. The molecule has 4 aromatic rings. The molecule has 0 saturated heterocycles. The van der Waals surface area contributed by atoms with Gasteiger partial charge in [-0.05, 0) is 105 Å². The molecule has 0 bridgehead atoms. The van der Waals surface area contributed by atoms with Crippen LogP contribution in [0.3, 0.4) is 0 Å². The van der Waals surface area contributed by atoms with Crippen LogP contribution in [0.4, 0.5) is 8.78 Å². The second-order valence-electron chi connectivity index (χ2n) is 13.3. The van der Waals surface area contributed by atoms with Gasteiger partial charge in [-0.15, -0.1) is 0 Å². The molecule has 0 spiro atoms. The van der Waals surface area contributed by atoms with Crippen LogP contribution >= 0.6 is 0 Å². The SMILES string of the molecule is CCOC[C@H](Oc1ccc(C)cc1)[C@@H](Cc1ccc(F)cc1)C(C)C.Cc1ccc(O[C@@H](CO)[C@@H](Cc2ccc(F)cc2)C(C)C)cc1. The lowest BCUT2D eigenvalue weighted by molar-refractivity contribution is 0.0117. The number of halogens is 2. The summed E-state index contributed by atoms with van der Waals surface area (Å²) in [6.45, 7) is 15.9. The Morgan fingerprint density at radius 2 is 0.938 bits per heavy atom. The average Bonchev–Trinajstić information content (AvgIpc) is 3.07. The number of rotatable bonds is 16. The summed E-state index contributed by atoms with van der Waals surface area (Å²) >= 11 is 0. The molecule has 4 rings (SSSR count). The van der Waals surface area contributed by atoms with E-state index in [1.165, 1.54) is 35.4 Å². The summed E-state index contributed by atoms with van der Waals surface area (Å²) in [4.78, 5) is 0. The molecular formula is C42H54F2O4. The normalized spacial score (nSPS) is 13.8. The van der Waals surface area contributed by atoms with Gasteiger partial charge >= 0.3 is 0 Å². The van der Waals surface area contributed by atoms with Crippen molar-refractivity contribution in [3.63, 3.8) is 0 Å². The van der Waals surface area contributed by atoms with Crippen molar-refractivity contribution in [2.24, 2.45) is 23.7 Å². The van der Waals surface area contributed by atoms with Gasteiger partial charge in [0, 0.05) is 18.4 Å². The number of hydrogen-bond donors (Lipinski definition) is 1. The van der Waals surface area contributed by atoms with E-state index in [0.717, 1.165) is 35.5 Å². The van der Waals surface area contributed by atoms with Gasteiger partial charge in [-0.2, -0.15) is 0 Å². The predicted octanol–water partition coefficient (Wildman–Crippen LogP) is 9.82. The lowest BCUT2D eigenvalue weighted by atomic mass is 9.84. The molecule has 4 atom stereocenters. The zero-order chi connectivity index (χ0) is 35.1. The molecule has 260 valence electrons. The Morgan fingerprint density at radius 3 is 1.29 bits per heavy atom. The summed E-state index contributed by atoms with van der Waals surface area (Å²) in [6.07, 6.45) is 1.24. The third kappa shape index (κ3) is 13.0. The van der Waals surface area contributed by atoms with Crippen molar-refractivity contribution in [1.29, 1.82) is 0 Å². The number of hydrogen-bond acceptors (Lipinski definition) is 4. The van der Waals surface area contributed by atoms with Gasteiger partial charge < -0.3 is 19.3 Å². The molecule has 6 heteroatoms. The molecule has 4 aromatic carbocycles. The number of aliphatic hydroxyl groups is 1. The summed E-state index contributed by atoms with van der Waals surface area (Å²) in [5.74, 6) is 2.37. The quantitative estimate of drug-likeness (QED) is 0.130. The highest BCUT2D eigenvalue weighted by Crippen LogP contribution is 2.27. The van der Waals surface area contributed by atoms with Crippen LogP contribution in [0.25, 0.3) is 0 Å². The van der Waals surface area contributed by atoms with E-state index in [1.807, 2.05) is 62.4 Å². The number of aliphatic hydroxyl groups excluding tert-OH is 1. The van der Waals surface area contributed by atoms with E-state index in [1.54, 1.807) is 12.1 Å². The Kier molecular flexibility index (Phi) is 16.1. The standard InChI is InChI=1S/C22H29FO2.C20H25FO2/c1-5-24-15-22(25-20-12-6-17(4)7-13-20)21(16(2)3)14-18-8-10-19(23)11-9-18;1-14(2)19(12-16-6-8-17(21)9-7-16)20(13-22)23-18-10-4-15(3)5-11-18/h6-13,16,21-22H,5,14-15H2,1-4H3;4-11,14,19-20,22H,12-13H2,1-3H3/t21-,22-;19-,20-/m00/s1. The molecule has 0 amide bonds. The highest BCUT2D eigenvalue weighted by molar-refractivity contribution is 5.28. The minimum absolute atomic E-state index is 0.0437. The summed E-state index contributed by atoms with van der Waals surface area (Å²) in [5, 5.41) is 9.80. The lowest BCUT2D eigenvalue weighted by Gasteiger charge is -2.31. The van der Waals surface area contributed by atoms with Gasteiger partial charge in [0.05, 0.1) is 13.2 Å². The first-order valence-corrected chi connectivity index (χ1v) is 17.1. The molecule has 0 aliphatic rings. The van der Waals surface area contributed by atoms with Crippen LogP contribution in [0.2, 0.25) is 0 Å². The molecule has 0 heterocycles. The number of benzene rings is 4. The van der Waals surface area contributed by atoms with Crippen LogP contribution in [-0.4, -0.2) is 37.1 Å². The molecule has 1 N–H and O–H groups in total. The van der Waals surface area contributed by atoms with Crippen LogP contribution in [0.5, 0.6) is 11.5 Å². The summed E-state index contributed by atoms with van der Waals surface area (Å²) in [6, 6.07) is 29.2. The second-order valence-corrected chi connectivity index (χ2v) is 13.3. The molecule has 48 heavy (non-hydrogen) atoms. The Hall–Kier alpha value is -3.74. The van der Waals surface area contributed by atoms with Crippen molar-refractivity contribution in [2.75, 3.05) is 19.8 Å². The molecule has 0 unspecified atom stereocenters. The average molecular weight is 661 g/mol. The van der Waals surface area contributed by atoms with E-state index >= 15 is 0 Å². The van der Waals surface area contributed by atoms with Crippen molar-refractivity contribution in [2.45, 2.75) is 73.5 Å². The lowest BCUT2D eigenvalue weighted by Crippen LogP contribution is -2.36. The first kappa shape index (κ1) is 38.7. The fourth-order valence-electron chi connectivity index (χ4n) is 5.70. The van der Waals surface area contributed by atoms with Crippen LogP contribution in [-0.2, 0) is 17.6 Å². The predicted molar refractivity (Wildman–Crippen MR) is 192 cm³/mol. The highest BCUT2D eigenvalue weighted by Gasteiger charge is 2.28. The van der Waals surface area contributed by atoms with Crippen molar-refractivity contribution < 1.29 is 28.1 Å². The fourth-order valence-corrected chi connectivity index (χ4v) is 5.70. The summed E-state index contributed by atoms with van der Waals surface area (Å²) in [5.41, 5.74) is 4.55. The van der Waals surface area contributed by atoms with Crippen LogP contribution in [0.15, 0.2) is 97.1 Å². The molecule has 0 aliphatic heterocycles. The van der Waals surface area contributed by atoms with E-state index in [4.69, 9.17) is 14.2 Å². The van der Waals surface area contributed by atoms with Gasteiger partial charge in [-0.3, -0.25) is 0 Å². The van der Waals surface area contributed by atoms with Crippen LogP contribution in [0.1, 0.15) is 56.9 Å². The largest absolute Gasteiger partial charge is 0.488 e. The van der Waals surface area contributed by atoms with Gasteiger partial charge in [0.15, 0.2) is 0 Å². The Morgan fingerprint density at radius 1 is 0.562 bits per heavy atom. The zero-order valence-electron chi connectivity index (χ0n) is 29.7. The van der Waals surface area contributed by atoms with Crippen molar-refractivity contribution in [3.05, 3.63) is 131 Å². The fraction of sp³-hybridized carbons (Fsp3) is 0.429. The van der Waals surface area contributed by atoms with Gasteiger partial charge in [0.25, 0.3) is 0 Å². The number of aryl methyl sites for hydroxylation is 2. The van der Waals surface area contributed by atoms with Crippen molar-refractivity contribution >= 4 is 0 Å². The van der Waals surface area contributed by atoms with Crippen molar-refractivity contribution in [3.8, 4) is 11.5 Å².